The third-order valence-corrected chi connectivity index (χ3v) is 2.68. The number of ether oxygens (including phenoxy) is 1. The zero-order chi connectivity index (χ0) is 13.1. The second kappa shape index (κ2) is 5.33. The number of aromatic nitrogens is 1. The number of halogens is 2. The minimum atomic E-state index is -0.619. The zero-order valence-electron chi connectivity index (χ0n) is 9.65. The highest BCUT2D eigenvalue weighted by atomic mass is 35.5. The van der Waals surface area contributed by atoms with Crippen molar-refractivity contribution in [1.82, 2.24) is 4.98 Å². The maximum absolute atomic E-state index is 13.6. The van der Waals surface area contributed by atoms with E-state index in [1.54, 1.807) is 19.1 Å². The van der Waals surface area contributed by atoms with E-state index in [1.807, 2.05) is 0 Å². The van der Waals surface area contributed by atoms with E-state index < -0.39 is 5.82 Å². The fourth-order valence-corrected chi connectivity index (χ4v) is 1.65. The smallest absolute Gasteiger partial charge is 0.222 e. The minimum absolute atomic E-state index is 0.00266. The number of rotatable bonds is 3. The maximum Gasteiger partial charge on any atom is 0.222 e. The molecule has 1 N–H and O–H groups in total. The normalized spacial score (nSPS) is 10.4. The molecule has 3 nitrogen and oxygen atoms in total. The van der Waals surface area contributed by atoms with Crippen molar-refractivity contribution in [3.8, 4) is 11.6 Å². The van der Waals surface area contributed by atoms with Gasteiger partial charge in [0.05, 0.1) is 11.6 Å². The van der Waals surface area contributed by atoms with Crippen LogP contribution in [-0.4, -0.2) is 10.1 Å². The minimum Gasteiger partial charge on any atom is -0.436 e. The largest absolute Gasteiger partial charge is 0.436 e. The van der Waals surface area contributed by atoms with E-state index in [1.165, 1.54) is 18.3 Å². The summed E-state index contributed by atoms with van der Waals surface area (Å²) in [7, 11) is 0. The van der Waals surface area contributed by atoms with Crippen molar-refractivity contribution in [2.24, 2.45) is 0 Å². The molecule has 1 heterocycles. The van der Waals surface area contributed by atoms with Crippen molar-refractivity contribution in [1.29, 1.82) is 0 Å². The van der Waals surface area contributed by atoms with Crippen molar-refractivity contribution < 1.29 is 14.2 Å². The third-order valence-electron chi connectivity index (χ3n) is 2.39. The summed E-state index contributed by atoms with van der Waals surface area (Å²) in [5, 5.41) is 8.96. The van der Waals surface area contributed by atoms with Crippen molar-refractivity contribution in [3.63, 3.8) is 0 Å². The molecule has 0 unspecified atom stereocenters. The standard InChI is InChI=1S/C13H11ClFNO2/c1-8-5-9(7-17)6-16-13(8)18-11-4-2-3-10(14)12(11)15/h2-6,17H,7H2,1H3. The molecule has 0 fully saturated rings. The molecule has 0 bridgehead atoms. The highest BCUT2D eigenvalue weighted by Crippen LogP contribution is 2.29. The van der Waals surface area contributed by atoms with Crippen LogP contribution >= 0.6 is 11.6 Å². The maximum atomic E-state index is 13.6. The van der Waals surface area contributed by atoms with E-state index in [2.05, 4.69) is 4.98 Å². The average Bonchev–Trinajstić information content (AvgIpc) is 2.37. The molecule has 0 aliphatic rings. The summed E-state index contributed by atoms with van der Waals surface area (Å²) in [5.74, 6) is -0.310. The molecular formula is C13H11ClFNO2. The van der Waals surface area contributed by atoms with Gasteiger partial charge in [-0.25, -0.2) is 9.37 Å². The third kappa shape index (κ3) is 2.60. The van der Waals surface area contributed by atoms with Gasteiger partial charge in [0.1, 0.15) is 0 Å². The van der Waals surface area contributed by atoms with Crippen LogP contribution < -0.4 is 4.74 Å². The lowest BCUT2D eigenvalue weighted by molar-refractivity contribution is 0.281. The Bertz CT molecular complexity index is 575. The van der Waals surface area contributed by atoms with Gasteiger partial charge < -0.3 is 9.84 Å². The summed E-state index contributed by atoms with van der Waals surface area (Å²) >= 11 is 5.66. The van der Waals surface area contributed by atoms with Crippen LogP contribution in [-0.2, 0) is 6.61 Å². The molecule has 0 atom stereocenters. The van der Waals surface area contributed by atoms with Gasteiger partial charge in [0.25, 0.3) is 0 Å². The summed E-state index contributed by atoms with van der Waals surface area (Å²) in [4.78, 5) is 4.02. The number of aliphatic hydroxyl groups is 1. The van der Waals surface area contributed by atoms with Gasteiger partial charge in [-0.2, -0.15) is 0 Å². The van der Waals surface area contributed by atoms with Gasteiger partial charge in [0.2, 0.25) is 5.88 Å². The van der Waals surface area contributed by atoms with Crippen LogP contribution in [0.4, 0.5) is 4.39 Å². The lowest BCUT2D eigenvalue weighted by atomic mass is 10.2. The summed E-state index contributed by atoms with van der Waals surface area (Å²) in [6.07, 6.45) is 1.48. The Kier molecular flexibility index (Phi) is 3.79. The summed E-state index contributed by atoms with van der Waals surface area (Å²) < 4.78 is 19.0. The first-order valence-corrected chi connectivity index (χ1v) is 5.68. The molecule has 0 amide bonds. The van der Waals surface area contributed by atoms with E-state index in [0.29, 0.717) is 11.1 Å². The van der Waals surface area contributed by atoms with Gasteiger partial charge in [-0.1, -0.05) is 17.7 Å². The van der Waals surface area contributed by atoms with Crippen LogP contribution in [0.2, 0.25) is 5.02 Å². The van der Waals surface area contributed by atoms with E-state index in [4.69, 9.17) is 21.4 Å². The Morgan fingerprint density at radius 2 is 2.22 bits per heavy atom. The molecule has 0 saturated heterocycles. The van der Waals surface area contributed by atoms with Crippen LogP contribution in [0, 0.1) is 12.7 Å². The van der Waals surface area contributed by atoms with Crippen LogP contribution in [0.5, 0.6) is 11.6 Å². The van der Waals surface area contributed by atoms with Crippen molar-refractivity contribution in [2.45, 2.75) is 13.5 Å². The second-order valence-corrected chi connectivity index (χ2v) is 4.18. The number of pyridine rings is 1. The van der Waals surface area contributed by atoms with Gasteiger partial charge >= 0.3 is 0 Å². The highest BCUT2D eigenvalue weighted by molar-refractivity contribution is 6.30. The Morgan fingerprint density at radius 3 is 2.89 bits per heavy atom. The molecule has 0 aliphatic carbocycles. The highest BCUT2D eigenvalue weighted by Gasteiger charge is 2.10. The number of hydrogen-bond acceptors (Lipinski definition) is 3. The summed E-state index contributed by atoms with van der Waals surface area (Å²) in [5.41, 5.74) is 1.38. The van der Waals surface area contributed by atoms with Crippen molar-refractivity contribution in [3.05, 3.63) is 52.4 Å². The van der Waals surface area contributed by atoms with Crippen LogP contribution in [0.25, 0.3) is 0 Å². The van der Waals surface area contributed by atoms with E-state index in [-0.39, 0.29) is 23.3 Å². The molecule has 0 spiro atoms. The molecule has 5 heteroatoms. The van der Waals surface area contributed by atoms with Crippen LogP contribution in [0.15, 0.2) is 30.5 Å². The molecule has 0 saturated carbocycles. The molecule has 94 valence electrons. The Morgan fingerprint density at radius 1 is 1.44 bits per heavy atom. The fraction of sp³-hybridized carbons (Fsp3) is 0.154. The number of aliphatic hydroxyl groups excluding tert-OH is 1. The van der Waals surface area contributed by atoms with Crippen LogP contribution in [0.3, 0.4) is 0 Å². The first-order chi connectivity index (χ1) is 8.61. The number of aryl methyl sites for hydroxylation is 1. The van der Waals surface area contributed by atoms with Gasteiger partial charge in [0.15, 0.2) is 11.6 Å². The van der Waals surface area contributed by atoms with E-state index in [0.717, 1.165) is 0 Å². The van der Waals surface area contributed by atoms with Gasteiger partial charge in [-0.05, 0) is 30.7 Å². The Balaban J connectivity index is 2.31. The predicted octanol–water partition coefficient (Wildman–Crippen LogP) is 3.47. The lowest BCUT2D eigenvalue weighted by Gasteiger charge is -2.09. The summed E-state index contributed by atoms with van der Waals surface area (Å²) in [6, 6.07) is 6.24. The zero-order valence-corrected chi connectivity index (χ0v) is 10.4. The van der Waals surface area contributed by atoms with Gasteiger partial charge in [0, 0.05) is 11.8 Å². The monoisotopic (exact) mass is 267 g/mol. The topological polar surface area (TPSA) is 42.4 Å². The first kappa shape index (κ1) is 12.8. The number of hydrogen-bond donors (Lipinski definition) is 1. The number of benzene rings is 1. The molecule has 0 radical (unpaired) electrons. The van der Waals surface area contributed by atoms with Gasteiger partial charge in [-0.15, -0.1) is 0 Å². The van der Waals surface area contributed by atoms with E-state index in [9.17, 15) is 4.39 Å². The molecule has 0 aliphatic heterocycles. The summed E-state index contributed by atoms with van der Waals surface area (Å²) in [6.45, 7) is 1.67. The Hall–Kier alpha value is -1.65. The van der Waals surface area contributed by atoms with E-state index >= 15 is 0 Å². The number of nitrogens with zero attached hydrogens (tertiary/aromatic N) is 1. The molecular weight excluding hydrogens is 257 g/mol. The van der Waals surface area contributed by atoms with Crippen molar-refractivity contribution >= 4 is 11.6 Å². The quantitative estimate of drug-likeness (QED) is 0.926. The van der Waals surface area contributed by atoms with Gasteiger partial charge in [-0.3, -0.25) is 0 Å². The van der Waals surface area contributed by atoms with Crippen molar-refractivity contribution in [2.75, 3.05) is 0 Å². The Labute approximate surface area is 109 Å². The molecule has 1 aromatic carbocycles. The molecule has 2 aromatic rings. The second-order valence-electron chi connectivity index (χ2n) is 3.78. The SMILES string of the molecule is Cc1cc(CO)cnc1Oc1cccc(Cl)c1F. The predicted molar refractivity (Wildman–Crippen MR) is 66.4 cm³/mol. The molecule has 1 aromatic heterocycles. The van der Waals surface area contributed by atoms with Crippen LogP contribution in [0.1, 0.15) is 11.1 Å². The first-order valence-electron chi connectivity index (χ1n) is 5.30. The molecule has 18 heavy (non-hydrogen) atoms. The fourth-order valence-electron chi connectivity index (χ4n) is 1.48. The lowest BCUT2D eigenvalue weighted by Crippen LogP contribution is -1.96. The molecule has 2 rings (SSSR count). The average molecular weight is 268 g/mol.